The Labute approximate surface area is 120 Å². The molecule has 1 heterocycles. The molecule has 0 aliphatic carbocycles. The molecule has 0 unspecified atom stereocenters. The highest BCUT2D eigenvalue weighted by Crippen LogP contribution is 2.11. The molecule has 0 aromatic rings. The van der Waals surface area contributed by atoms with Gasteiger partial charge < -0.3 is 20.9 Å². The third kappa shape index (κ3) is 5.22. The van der Waals surface area contributed by atoms with Gasteiger partial charge in [0.2, 0.25) is 0 Å². The van der Waals surface area contributed by atoms with Crippen molar-refractivity contribution in [3.8, 4) is 0 Å². The average molecular weight is 299 g/mol. The van der Waals surface area contributed by atoms with Crippen molar-refractivity contribution in [1.82, 2.24) is 10.2 Å². The molecule has 1 aliphatic rings. The van der Waals surface area contributed by atoms with E-state index in [-0.39, 0.29) is 32.5 Å². The van der Waals surface area contributed by atoms with E-state index in [1.165, 1.54) is 0 Å². The zero-order valence-electron chi connectivity index (χ0n) is 11.3. The van der Waals surface area contributed by atoms with Crippen LogP contribution in [0.15, 0.2) is 12.2 Å². The van der Waals surface area contributed by atoms with Crippen LogP contribution in [-0.2, 0) is 19.1 Å². The fourth-order valence-corrected chi connectivity index (χ4v) is 1.73. The number of carboxylic acids is 1. The maximum absolute atomic E-state index is 11.5. The molecule has 3 amide bonds. The van der Waals surface area contributed by atoms with Crippen LogP contribution in [0, 0.1) is 0 Å². The van der Waals surface area contributed by atoms with E-state index < -0.39 is 29.9 Å². The first kappa shape index (κ1) is 16.6. The number of hydrogen-bond donors (Lipinski definition) is 3. The van der Waals surface area contributed by atoms with Gasteiger partial charge in [-0.25, -0.2) is 4.79 Å². The fourth-order valence-electron chi connectivity index (χ4n) is 1.73. The molecule has 1 atom stereocenters. The molecule has 4 N–H and O–H groups in total. The van der Waals surface area contributed by atoms with E-state index in [9.17, 15) is 19.2 Å². The van der Waals surface area contributed by atoms with E-state index in [1.54, 1.807) is 0 Å². The largest absolute Gasteiger partial charge is 0.481 e. The molecule has 0 saturated heterocycles. The highest BCUT2D eigenvalue weighted by atomic mass is 16.5. The molecule has 0 aromatic carbocycles. The second-order valence-corrected chi connectivity index (χ2v) is 4.26. The van der Waals surface area contributed by atoms with Crippen LogP contribution in [0.2, 0.25) is 0 Å². The predicted molar refractivity (Wildman–Crippen MR) is 70.1 cm³/mol. The number of rotatable bonds is 8. The normalized spacial score (nSPS) is 15.2. The second kappa shape index (κ2) is 8.00. The molecule has 0 spiro atoms. The number of nitrogens with two attached hydrogens (primary N) is 1. The van der Waals surface area contributed by atoms with Gasteiger partial charge in [0, 0.05) is 31.7 Å². The Morgan fingerprint density at radius 2 is 1.95 bits per heavy atom. The summed E-state index contributed by atoms with van der Waals surface area (Å²) in [6.45, 7) is -0.0253. The molecule has 0 bridgehead atoms. The van der Waals surface area contributed by atoms with E-state index in [0.717, 1.165) is 17.1 Å². The summed E-state index contributed by atoms with van der Waals surface area (Å²) >= 11 is 0. The lowest BCUT2D eigenvalue weighted by molar-refractivity contribution is -0.140. The van der Waals surface area contributed by atoms with E-state index in [2.05, 4.69) is 5.32 Å². The standard InChI is InChI=1S/C12H17N3O6/c13-7-8(15-9(16)1-2-10(15)17)4-6-21-12(20)14-5-3-11(18)19/h1-2,8H,3-7,13H2,(H,14,20)(H,18,19)/t8-/m1/s1. The van der Waals surface area contributed by atoms with Crippen LogP contribution in [-0.4, -0.2) is 59.6 Å². The first-order valence-corrected chi connectivity index (χ1v) is 6.33. The van der Waals surface area contributed by atoms with Gasteiger partial charge in [0.15, 0.2) is 0 Å². The molecule has 1 aliphatic heterocycles. The summed E-state index contributed by atoms with van der Waals surface area (Å²) in [5.74, 6) is -1.92. The Morgan fingerprint density at radius 1 is 1.33 bits per heavy atom. The maximum atomic E-state index is 11.5. The van der Waals surface area contributed by atoms with Crippen molar-refractivity contribution in [3.05, 3.63) is 12.2 Å². The quantitative estimate of drug-likeness (QED) is 0.480. The lowest BCUT2D eigenvalue weighted by atomic mass is 10.2. The van der Waals surface area contributed by atoms with Crippen LogP contribution in [0.1, 0.15) is 12.8 Å². The topological polar surface area (TPSA) is 139 Å². The van der Waals surface area contributed by atoms with Gasteiger partial charge in [0.05, 0.1) is 19.1 Å². The summed E-state index contributed by atoms with van der Waals surface area (Å²) in [6, 6.07) is -0.549. The SMILES string of the molecule is NC[C@@H](CCOC(=O)NCCC(=O)O)N1C(=O)C=CC1=O. The lowest BCUT2D eigenvalue weighted by Crippen LogP contribution is -2.45. The third-order valence-corrected chi connectivity index (χ3v) is 2.77. The average Bonchev–Trinajstić information content (AvgIpc) is 2.74. The molecule has 0 fully saturated rings. The molecule has 1 rings (SSSR count). The molecule has 9 heteroatoms. The van der Waals surface area contributed by atoms with Crippen LogP contribution >= 0.6 is 0 Å². The van der Waals surface area contributed by atoms with Gasteiger partial charge in [0.25, 0.3) is 11.8 Å². The van der Waals surface area contributed by atoms with E-state index in [1.807, 2.05) is 0 Å². The minimum absolute atomic E-state index is 0.0402. The van der Waals surface area contributed by atoms with Gasteiger partial charge in [0.1, 0.15) is 0 Å². The summed E-state index contributed by atoms with van der Waals surface area (Å²) in [6.07, 6.45) is 1.56. The third-order valence-electron chi connectivity index (χ3n) is 2.77. The number of amides is 3. The molecule has 0 aromatic heterocycles. The van der Waals surface area contributed by atoms with Crippen LogP contribution < -0.4 is 11.1 Å². The second-order valence-electron chi connectivity index (χ2n) is 4.26. The van der Waals surface area contributed by atoms with E-state index in [0.29, 0.717) is 0 Å². The Morgan fingerprint density at radius 3 is 2.48 bits per heavy atom. The van der Waals surface area contributed by atoms with Crippen LogP contribution in [0.5, 0.6) is 0 Å². The van der Waals surface area contributed by atoms with E-state index in [4.69, 9.17) is 15.6 Å². The van der Waals surface area contributed by atoms with Gasteiger partial charge in [-0.15, -0.1) is 0 Å². The number of carboxylic acid groups (broad SMARTS) is 1. The Balaban J connectivity index is 2.29. The first-order chi connectivity index (χ1) is 9.95. The fraction of sp³-hybridized carbons (Fsp3) is 0.500. The highest BCUT2D eigenvalue weighted by Gasteiger charge is 2.30. The number of imide groups is 1. The minimum atomic E-state index is -1.03. The monoisotopic (exact) mass is 299 g/mol. The Hall–Kier alpha value is -2.42. The number of carbonyl (C=O) groups excluding carboxylic acids is 3. The predicted octanol–water partition coefficient (Wildman–Crippen LogP) is -1.17. The number of ether oxygens (including phenoxy) is 1. The van der Waals surface area contributed by atoms with Crippen molar-refractivity contribution >= 4 is 23.9 Å². The van der Waals surface area contributed by atoms with Crippen LogP contribution in [0.3, 0.4) is 0 Å². The molecule has 0 saturated carbocycles. The van der Waals surface area contributed by atoms with Crippen molar-refractivity contribution in [1.29, 1.82) is 0 Å². The molecule has 9 nitrogen and oxygen atoms in total. The van der Waals surface area contributed by atoms with Crippen LogP contribution in [0.25, 0.3) is 0 Å². The number of nitrogens with zero attached hydrogens (tertiary/aromatic N) is 1. The summed E-state index contributed by atoms with van der Waals surface area (Å²) in [4.78, 5) is 45.4. The first-order valence-electron chi connectivity index (χ1n) is 6.33. The smallest absolute Gasteiger partial charge is 0.407 e. The van der Waals surface area contributed by atoms with Gasteiger partial charge in [-0.05, 0) is 0 Å². The van der Waals surface area contributed by atoms with Crippen molar-refractivity contribution < 1.29 is 29.0 Å². The van der Waals surface area contributed by atoms with Crippen LogP contribution in [0.4, 0.5) is 4.79 Å². The summed E-state index contributed by atoms with van der Waals surface area (Å²) < 4.78 is 4.82. The molecular formula is C12H17N3O6. The number of nitrogens with one attached hydrogen (secondary N) is 1. The summed E-state index contributed by atoms with van der Waals surface area (Å²) in [5.41, 5.74) is 5.51. The molecular weight excluding hydrogens is 282 g/mol. The van der Waals surface area contributed by atoms with Gasteiger partial charge in [-0.2, -0.15) is 0 Å². The number of carbonyl (C=O) groups is 4. The van der Waals surface area contributed by atoms with Crippen molar-refractivity contribution in [2.45, 2.75) is 18.9 Å². The highest BCUT2D eigenvalue weighted by molar-refractivity contribution is 6.13. The summed E-state index contributed by atoms with van der Waals surface area (Å²) in [7, 11) is 0. The van der Waals surface area contributed by atoms with Crippen molar-refractivity contribution in [3.63, 3.8) is 0 Å². The zero-order valence-corrected chi connectivity index (χ0v) is 11.3. The van der Waals surface area contributed by atoms with E-state index >= 15 is 0 Å². The molecule has 116 valence electrons. The van der Waals surface area contributed by atoms with Gasteiger partial charge in [-0.3, -0.25) is 19.3 Å². The number of alkyl carbamates (subject to hydrolysis) is 1. The number of hydrogen-bond acceptors (Lipinski definition) is 6. The summed E-state index contributed by atoms with van der Waals surface area (Å²) in [5, 5.41) is 10.7. The van der Waals surface area contributed by atoms with Gasteiger partial charge in [-0.1, -0.05) is 0 Å². The Bertz CT molecular complexity index is 444. The van der Waals surface area contributed by atoms with Crippen molar-refractivity contribution in [2.75, 3.05) is 19.7 Å². The molecule has 0 radical (unpaired) electrons. The Kier molecular flexibility index (Phi) is 6.34. The van der Waals surface area contributed by atoms with Crippen molar-refractivity contribution in [2.24, 2.45) is 5.73 Å². The maximum Gasteiger partial charge on any atom is 0.407 e. The number of aliphatic carboxylic acids is 1. The lowest BCUT2D eigenvalue weighted by Gasteiger charge is -2.24. The minimum Gasteiger partial charge on any atom is -0.481 e. The molecule has 21 heavy (non-hydrogen) atoms. The zero-order chi connectivity index (χ0) is 15.8. The van der Waals surface area contributed by atoms with Gasteiger partial charge >= 0.3 is 12.1 Å².